The Morgan fingerprint density at radius 1 is 1.42 bits per heavy atom. The highest BCUT2D eigenvalue weighted by Gasteiger charge is 2.05. The van der Waals surface area contributed by atoms with Crippen molar-refractivity contribution in [1.82, 2.24) is 0 Å². The highest BCUT2D eigenvalue weighted by Crippen LogP contribution is 2.08. The first-order valence-corrected chi connectivity index (χ1v) is 4.38. The van der Waals surface area contributed by atoms with Gasteiger partial charge in [0.1, 0.15) is 0 Å². The van der Waals surface area contributed by atoms with Crippen molar-refractivity contribution in [2.75, 3.05) is 0 Å². The summed E-state index contributed by atoms with van der Waals surface area (Å²) in [6.07, 6.45) is 8.24. The first kappa shape index (κ1) is 11.5. The minimum absolute atomic E-state index is 0.410. The lowest BCUT2D eigenvalue weighted by Gasteiger charge is -1.99. The fraction of sp³-hybridized carbons (Fsp3) is 0.556. The molecule has 0 amide bonds. The second kappa shape index (κ2) is 7.13. The van der Waals surface area contributed by atoms with Crippen LogP contribution in [-0.2, 0) is 0 Å². The van der Waals surface area contributed by atoms with E-state index in [1.807, 2.05) is 19.1 Å². The molecule has 68 valence electrons. The average Bonchev–Trinajstić information content (AvgIpc) is 2.05. The molecule has 12 heavy (non-hydrogen) atoms. The molecule has 0 aliphatic carbocycles. The summed E-state index contributed by atoms with van der Waals surface area (Å²) < 4.78 is 0. The van der Waals surface area contributed by atoms with Crippen LogP contribution in [0.1, 0.15) is 26.7 Å². The van der Waals surface area contributed by atoms with E-state index < -0.39 is 7.12 Å². The van der Waals surface area contributed by atoms with Gasteiger partial charge in [-0.2, -0.15) is 0 Å². The van der Waals surface area contributed by atoms with Gasteiger partial charge in [0.25, 0.3) is 0 Å². The number of hydrogen-bond donors (Lipinski definition) is 2. The Balaban J connectivity index is 3.77. The Labute approximate surface area is 74.8 Å². The molecule has 0 heterocycles. The maximum atomic E-state index is 8.63. The zero-order chi connectivity index (χ0) is 9.40. The van der Waals surface area contributed by atoms with Crippen LogP contribution < -0.4 is 0 Å². The average molecular weight is 168 g/mol. The van der Waals surface area contributed by atoms with E-state index in [9.17, 15) is 0 Å². The summed E-state index contributed by atoms with van der Waals surface area (Å²) in [7, 11) is -1.19. The molecule has 0 fully saturated rings. The maximum absolute atomic E-state index is 8.63. The van der Waals surface area contributed by atoms with Crippen molar-refractivity contribution in [1.29, 1.82) is 0 Å². The molecule has 2 nitrogen and oxygen atoms in total. The second-order valence-corrected chi connectivity index (χ2v) is 2.69. The van der Waals surface area contributed by atoms with Gasteiger partial charge in [0.2, 0.25) is 0 Å². The fourth-order valence-electron chi connectivity index (χ4n) is 0.889. The molecule has 0 unspecified atom stereocenters. The molecule has 0 radical (unpaired) electrons. The SMILES string of the molecule is C/C=C(\C=C/CC)CCB(O)O. The van der Waals surface area contributed by atoms with Crippen molar-refractivity contribution >= 4 is 7.12 Å². The third-order valence-electron chi connectivity index (χ3n) is 1.63. The second-order valence-electron chi connectivity index (χ2n) is 2.69. The van der Waals surface area contributed by atoms with E-state index in [1.165, 1.54) is 0 Å². The Bertz CT molecular complexity index is 162. The Kier molecular flexibility index (Phi) is 6.81. The standard InChI is InChI=1S/C9H17BO2/c1-3-5-6-9(4-2)7-8-10(11)12/h4-6,11-12H,3,7-8H2,1-2H3/b6-5-,9-4+. The minimum atomic E-state index is -1.19. The van der Waals surface area contributed by atoms with Gasteiger partial charge < -0.3 is 10.0 Å². The molecule has 0 aromatic carbocycles. The van der Waals surface area contributed by atoms with Gasteiger partial charge in [-0.1, -0.05) is 30.7 Å². The molecule has 0 bridgehead atoms. The summed E-state index contributed by atoms with van der Waals surface area (Å²) in [4.78, 5) is 0. The summed E-state index contributed by atoms with van der Waals surface area (Å²) in [5.74, 6) is 0. The largest absolute Gasteiger partial charge is 0.451 e. The van der Waals surface area contributed by atoms with Crippen molar-refractivity contribution in [3.63, 3.8) is 0 Å². The quantitative estimate of drug-likeness (QED) is 0.485. The Hall–Kier alpha value is -0.535. The smallest absolute Gasteiger partial charge is 0.427 e. The van der Waals surface area contributed by atoms with Crippen molar-refractivity contribution in [3.05, 3.63) is 23.8 Å². The summed E-state index contributed by atoms with van der Waals surface area (Å²) in [6, 6.07) is 0. The molecule has 0 atom stereocenters. The topological polar surface area (TPSA) is 40.5 Å². The van der Waals surface area contributed by atoms with Crippen molar-refractivity contribution in [2.45, 2.75) is 33.0 Å². The molecule has 2 N–H and O–H groups in total. The van der Waals surface area contributed by atoms with E-state index in [2.05, 4.69) is 13.0 Å². The minimum Gasteiger partial charge on any atom is -0.427 e. The summed E-state index contributed by atoms with van der Waals surface area (Å²) in [5, 5.41) is 17.3. The first-order chi connectivity index (χ1) is 5.70. The van der Waals surface area contributed by atoms with Crippen LogP contribution in [0.4, 0.5) is 0 Å². The molecule has 3 heteroatoms. The van der Waals surface area contributed by atoms with Crippen molar-refractivity contribution in [3.8, 4) is 0 Å². The lowest BCUT2D eigenvalue weighted by atomic mass is 9.82. The van der Waals surface area contributed by atoms with Crippen LogP contribution in [0, 0.1) is 0 Å². The van der Waals surface area contributed by atoms with Gasteiger partial charge in [0.05, 0.1) is 0 Å². The molecule has 0 spiro atoms. The molecule has 0 aliphatic heterocycles. The van der Waals surface area contributed by atoms with E-state index in [0.717, 1.165) is 18.4 Å². The van der Waals surface area contributed by atoms with E-state index in [0.29, 0.717) is 6.32 Å². The highest BCUT2D eigenvalue weighted by atomic mass is 16.4. The predicted molar refractivity (Wildman–Crippen MR) is 52.8 cm³/mol. The monoisotopic (exact) mass is 168 g/mol. The summed E-state index contributed by atoms with van der Waals surface area (Å²) >= 11 is 0. The maximum Gasteiger partial charge on any atom is 0.451 e. The van der Waals surface area contributed by atoms with Gasteiger partial charge in [-0.25, -0.2) is 0 Å². The molecule has 0 saturated heterocycles. The van der Waals surface area contributed by atoms with Gasteiger partial charge in [-0.15, -0.1) is 0 Å². The van der Waals surface area contributed by atoms with Crippen LogP contribution in [0.3, 0.4) is 0 Å². The molecule has 0 aromatic heterocycles. The predicted octanol–water partition coefficient (Wildman–Crippen LogP) is 1.76. The molecule has 0 aromatic rings. The number of hydrogen-bond acceptors (Lipinski definition) is 2. The third kappa shape index (κ3) is 6.19. The van der Waals surface area contributed by atoms with E-state index in [1.54, 1.807) is 0 Å². The lowest BCUT2D eigenvalue weighted by Crippen LogP contribution is -2.09. The molecule has 0 rings (SSSR count). The molecular weight excluding hydrogens is 151 g/mol. The van der Waals surface area contributed by atoms with Gasteiger partial charge in [0, 0.05) is 0 Å². The first-order valence-electron chi connectivity index (χ1n) is 4.38. The van der Waals surface area contributed by atoms with Gasteiger partial charge >= 0.3 is 7.12 Å². The van der Waals surface area contributed by atoms with Gasteiger partial charge in [-0.05, 0) is 26.1 Å². The zero-order valence-corrected chi connectivity index (χ0v) is 7.83. The van der Waals surface area contributed by atoms with Crippen molar-refractivity contribution in [2.24, 2.45) is 0 Å². The lowest BCUT2D eigenvalue weighted by molar-refractivity contribution is 0.405. The fourth-order valence-corrected chi connectivity index (χ4v) is 0.889. The van der Waals surface area contributed by atoms with E-state index >= 15 is 0 Å². The normalized spacial score (nSPS) is 12.5. The van der Waals surface area contributed by atoms with Crippen LogP contribution in [0.15, 0.2) is 23.8 Å². The number of rotatable bonds is 5. The summed E-state index contributed by atoms with van der Waals surface area (Å²) in [6.45, 7) is 4.03. The number of allylic oxidation sites excluding steroid dienone is 4. The zero-order valence-electron chi connectivity index (χ0n) is 7.83. The van der Waals surface area contributed by atoms with Gasteiger partial charge in [0.15, 0.2) is 0 Å². The third-order valence-corrected chi connectivity index (χ3v) is 1.63. The highest BCUT2D eigenvalue weighted by molar-refractivity contribution is 6.41. The van der Waals surface area contributed by atoms with Gasteiger partial charge in [-0.3, -0.25) is 0 Å². The van der Waals surface area contributed by atoms with Crippen LogP contribution in [0.5, 0.6) is 0 Å². The van der Waals surface area contributed by atoms with Crippen LogP contribution in [-0.4, -0.2) is 17.2 Å². The van der Waals surface area contributed by atoms with E-state index in [4.69, 9.17) is 10.0 Å². The molecular formula is C9H17BO2. The van der Waals surface area contributed by atoms with Crippen LogP contribution in [0.2, 0.25) is 6.32 Å². The molecule has 0 aliphatic rings. The Morgan fingerprint density at radius 3 is 2.50 bits per heavy atom. The van der Waals surface area contributed by atoms with Crippen molar-refractivity contribution < 1.29 is 10.0 Å². The van der Waals surface area contributed by atoms with Crippen LogP contribution in [0.25, 0.3) is 0 Å². The van der Waals surface area contributed by atoms with E-state index in [-0.39, 0.29) is 0 Å². The van der Waals surface area contributed by atoms with Crippen LogP contribution >= 0.6 is 0 Å². The Morgan fingerprint density at radius 2 is 2.08 bits per heavy atom. The molecule has 0 saturated carbocycles. The summed E-state index contributed by atoms with van der Waals surface area (Å²) in [5.41, 5.74) is 1.16.